The summed E-state index contributed by atoms with van der Waals surface area (Å²) in [6.45, 7) is 2.14. The van der Waals surface area contributed by atoms with Crippen molar-refractivity contribution in [3.8, 4) is 0 Å². The Morgan fingerprint density at radius 1 is 1.00 bits per heavy atom. The van der Waals surface area contributed by atoms with E-state index in [2.05, 4.69) is 15.6 Å². The summed E-state index contributed by atoms with van der Waals surface area (Å²) in [7, 11) is 0. The second-order valence-electron chi connectivity index (χ2n) is 7.19. The van der Waals surface area contributed by atoms with Crippen molar-refractivity contribution in [2.45, 2.75) is 19.4 Å². The van der Waals surface area contributed by atoms with Crippen LogP contribution in [0.1, 0.15) is 34.5 Å². The molecule has 152 valence electrons. The third-order valence-electron chi connectivity index (χ3n) is 4.96. The molecule has 0 radical (unpaired) electrons. The number of benzene rings is 2. The van der Waals surface area contributed by atoms with Gasteiger partial charge in [0, 0.05) is 19.2 Å². The Kier molecular flexibility index (Phi) is 5.98. The van der Waals surface area contributed by atoms with Crippen LogP contribution >= 0.6 is 0 Å². The number of hydrogen-bond donors (Lipinski definition) is 1. The number of aromatic nitrogens is 3. The lowest BCUT2D eigenvalue weighted by Gasteiger charge is -2.17. The summed E-state index contributed by atoms with van der Waals surface area (Å²) in [5, 5.41) is 11.0. The lowest BCUT2D eigenvalue weighted by molar-refractivity contribution is -0.111. The van der Waals surface area contributed by atoms with Crippen molar-refractivity contribution >= 4 is 23.6 Å². The Hall–Kier alpha value is -3.74. The first kappa shape index (κ1) is 19.6. The van der Waals surface area contributed by atoms with Crippen LogP contribution in [0.2, 0.25) is 0 Å². The minimum absolute atomic E-state index is 0.0452. The highest BCUT2D eigenvalue weighted by atomic mass is 16.2. The van der Waals surface area contributed by atoms with Crippen LogP contribution in [0.4, 0.5) is 5.69 Å². The van der Waals surface area contributed by atoms with Gasteiger partial charge in [-0.05, 0) is 36.6 Å². The van der Waals surface area contributed by atoms with E-state index in [1.54, 1.807) is 41.2 Å². The van der Waals surface area contributed by atoms with Gasteiger partial charge in [-0.25, -0.2) is 4.68 Å². The van der Waals surface area contributed by atoms with E-state index in [0.29, 0.717) is 23.5 Å². The zero-order chi connectivity index (χ0) is 20.8. The molecule has 7 nitrogen and oxygen atoms in total. The van der Waals surface area contributed by atoms with Crippen molar-refractivity contribution < 1.29 is 9.59 Å². The van der Waals surface area contributed by atoms with E-state index in [1.165, 1.54) is 6.08 Å². The Labute approximate surface area is 175 Å². The number of anilines is 1. The van der Waals surface area contributed by atoms with Gasteiger partial charge in [-0.2, -0.15) is 0 Å². The van der Waals surface area contributed by atoms with E-state index in [4.69, 9.17) is 0 Å². The molecule has 0 atom stereocenters. The molecule has 0 spiro atoms. The molecule has 1 saturated heterocycles. The van der Waals surface area contributed by atoms with Crippen LogP contribution in [-0.4, -0.2) is 44.8 Å². The Morgan fingerprint density at radius 3 is 2.53 bits per heavy atom. The van der Waals surface area contributed by atoms with Crippen LogP contribution in [-0.2, 0) is 11.3 Å². The quantitative estimate of drug-likeness (QED) is 0.643. The van der Waals surface area contributed by atoms with Gasteiger partial charge in [0.1, 0.15) is 5.69 Å². The van der Waals surface area contributed by atoms with Crippen LogP contribution < -0.4 is 5.32 Å². The smallest absolute Gasteiger partial charge is 0.255 e. The average Bonchev–Trinajstić information content (AvgIpc) is 3.45. The Bertz CT molecular complexity index is 1050. The first-order valence-corrected chi connectivity index (χ1v) is 10.0. The number of nitrogens with one attached hydrogen (secondary N) is 1. The molecular formula is C23H23N5O2. The lowest BCUT2D eigenvalue weighted by atomic mass is 10.1. The normalized spacial score (nSPS) is 13.7. The largest absolute Gasteiger partial charge is 0.339 e. The molecule has 1 aromatic heterocycles. The minimum atomic E-state index is -0.325. The summed E-state index contributed by atoms with van der Waals surface area (Å²) in [5.41, 5.74) is 2.73. The predicted octanol–water partition coefficient (Wildman–Crippen LogP) is 3.21. The molecule has 1 aliphatic rings. The molecule has 7 heteroatoms. The maximum Gasteiger partial charge on any atom is 0.255 e. The second-order valence-corrected chi connectivity index (χ2v) is 7.19. The van der Waals surface area contributed by atoms with Crippen LogP contribution in [0.25, 0.3) is 6.08 Å². The molecule has 0 unspecified atom stereocenters. The summed E-state index contributed by atoms with van der Waals surface area (Å²) < 4.78 is 1.72. The summed E-state index contributed by atoms with van der Waals surface area (Å²) in [4.78, 5) is 26.9. The molecular weight excluding hydrogens is 378 g/mol. The summed E-state index contributed by atoms with van der Waals surface area (Å²) >= 11 is 0. The standard InChI is InChI=1S/C23H23N5O2/c29-22(13-12-19-17-28(26-25-19)16-18-8-2-1-3-9-18)24-21-11-5-4-10-20(21)23(30)27-14-6-7-15-27/h1-5,8-13,17H,6-7,14-16H2,(H,24,29)/b13-12+. The SMILES string of the molecule is O=C(/C=C/c1cn(Cc2ccccc2)nn1)Nc1ccccc1C(=O)N1CCCC1. The highest BCUT2D eigenvalue weighted by Crippen LogP contribution is 2.20. The highest BCUT2D eigenvalue weighted by molar-refractivity contribution is 6.07. The number of carbonyl (C=O) groups is 2. The molecule has 1 N–H and O–H groups in total. The second kappa shape index (κ2) is 9.17. The van der Waals surface area contributed by atoms with Crippen LogP contribution in [0.15, 0.2) is 66.9 Å². The molecule has 0 aliphatic carbocycles. The molecule has 1 aliphatic heterocycles. The van der Waals surface area contributed by atoms with Crippen LogP contribution in [0.3, 0.4) is 0 Å². The van der Waals surface area contributed by atoms with Gasteiger partial charge < -0.3 is 10.2 Å². The van der Waals surface area contributed by atoms with Gasteiger partial charge in [0.05, 0.1) is 24.0 Å². The number of amides is 2. The molecule has 1 fully saturated rings. The Balaban J connectivity index is 1.39. The zero-order valence-corrected chi connectivity index (χ0v) is 16.6. The molecule has 3 aromatic rings. The Morgan fingerprint density at radius 2 is 1.73 bits per heavy atom. The number of likely N-dealkylation sites (tertiary alicyclic amines) is 1. The highest BCUT2D eigenvalue weighted by Gasteiger charge is 2.21. The maximum absolute atomic E-state index is 12.7. The van der Waals surface area contributed by atoms with Crippen molar-refractivity contribution in [1.82, 2.24) is 19.9 Å². The average molecular weight is 401 g/mol. The number of hydrogen-bond acceptors (Lipinski definition) is 4. The van der Waals surface area contributed by atoms with Gasteiger partial charge >= 0.3 is 0 Å². The van der Waals surface area contributed by atoms with Gasteiger partial charge in [0.2, 0.25) is 5.91 Å². The minimum Gasteiger partial charge on any atom is -0.339 e. The third-order valence-corrected chi connectivity index (χ3v) is 4.96. The number of nitrogens with zero attached hydrogens (tertiary/aromatic N) is 4. The number of carbonyl (C=O) groups excluding carboxylic acids is 2. The molecule has 0 bridgehead atoms. The fourth-order valence-electron chi connectivity index (χ4n) is 3.44. The summed E-state index contributed by atoms with van der Waals surface area (Å²) in [5.74, 6) is -0.370. The van der Waals surface area contributed by atoms with Gasteiger partial charge in [-0.15, -0.1) is 5.10 Å². The van der Waals surface area contributed by atoms with Crippen molar-refractivity contribution in [3.05, 3.63) is 83.7 Å². The fourth-order valence-corrected chi connectivity index (χ4v) is 3.44. The fraction of sp³-hybridized carbons (Fsp3) is 0.217. The molecule has 2 heterocycles. The zero-order valence-electron chi connectivity index (χ0n) is 16.6. The van der Waals surface area contributed by atoms with Crippen molar-refractivity contribution in [2.24, 2.45) is 0 Å². The van der Waals surface area contributed by atoms with Gasteiger partial charge in [0.15, 0.2) is 0 Å². The lowest BCUT2D eigenvalue weighted by Crippen LogP contribution is -2.28. The van der Waals surface area contributed by atoms with E-state index in [1.807, 2.05) is 35.2 Å². The molecule has 4 rings (SSSR count). The van der Waals surface area contributed by atoms with E-state index in [0.717, 1.165) is 31.5 Å². The molecule has 0 saturated carbocycles. The van der Waals surface area contributed by atoms with Crippen molar-refractivity contribution in [1.29, 1.82) is 0 Å². The molecule has 2 aromatic carbocycles. The molecule has 30 heavy (non-hydrogen) atoms. The predicted molar refractivity (Wildman–Crippen MR) is 115 cm³/mol. The number of rotatable bonds is 6. The third kappa shape index (κ3) is 4.81. The van der Waals surface area contributed by atoms with E-state index in [-0.39, 0.29) is 11.8 Å². The topological polar surface area (TPSA) is 80.1 Å². The first-order valence-electron chi connectivity index (χ1n) is 10.0. The van der Waals surface area contributed by atoms with Crippen LogP contribution in [0, 0.1) is 0 Å². The first-order chi connectivity index (χ1) is 14.7. The van der Waals surface area contributed by atoms with Crippen molar-refractivity contribution in [2.75, 3.05) is 18.4 Å². The monoisotopic (exact) mass is 401 g/mol. The van der Waals surface area contributed by atoms with Gasteiger partial charge in [-0.1, -0.05) is 47.7 Å². The summed E-state index contributed by atoms with van der Waals surface area (Å²) in [6, 6.07) is 17.1. The van der Waals surface area contributed by atoms with Gasteiger partial charge in [-0.3, -0.25) is 9.59 Å². The van der Waals surface area contributed by atoms with E-state index >= 15 is 0 Å². The molecule has 2 amide bonds. The van der Waals surface area contributed by atoms with Crippen LogP contribution in [0.5, 0.6) is 0 Å². The van der Waals surface area contributed by atoms with E-state index in [9.17, 15) is 9.59 Å². The number of para-hydroxylation sites is 1. The van der Waals surface area contributed by atoms with Crippen molar-refractivity contribution in [3.63, 3.8) is 0 Å². The van der Waals surface area contributed by atoms with E-state index < -0.39 is 0 Å². The maximum atomic E-state index is 12.7. The summed E-state index contributed by atoms with van der Waals surface area (Å²) in [6.07, 6.45) is 6.83. The van der Waals surface area contributed by atoms with Gasteiger partial charge in [0.25, 0.3) is 5.91 Å².